The van der Waals surface area contributed by atoms with Crippen molar-refractivity contribution in [1.82, 2.24) is 30.2 Å². The van der Waals surface area contributed by atoms with Gasteiger partial charge in [0.25, 0.3) is 5.91 Å². The van der Waals surface area contributed by atoms with E-state index in [9.17, 15) is 13.2 Å². The van der Waals surface area contributed by atoms with E-state index in [0.29, 0.717) is 42.0 Å². The van der Waals surface area contributed by atoms with Crippen molar-refractivity contribution in [1.29, 1.82) is 0 Å². The maximum atomic E-state index is 12.4. The van der Waals surface area contributed by atoms with Crippen LogP contribution in [0.2, 0.25) is 0 Å². The summed E-state index contributed by atoms with van der Waals surface area (Å²) in [6, 6.07) is 3.28. The van der Waals surface area contributed by atoms with Gasteiger partial charge in [-0.15, -0.1) is 11.3 Å². The molecule has 5 rings (SSSR count). The minimum absolute atomic E-state index is 0. The molecule has 1 aliphatic heterocycles. The Hall–Kier alpha value is -3.16. The van der Waals surface area contributed by atoms with Crippen molar-refractivity contribution in [3.8, 4) is 16.5 Å². The van der Waals surface area contributed by atoms with Gasteiger partial charge in [-0.1, -0.05) is 0 Å². The first-order valence-electron chi connectivity index (χ1n) is 11.3. The molecule has 3 aromatic rings. The van der Waals surface area contributed by atoms with Gasteiger partial charge in [-0.25, -0.2) is 18.4 Å². The van der Waals surface area contributed by atoms with Gasteiger partial charge in [-0.05, 0) is 31.9 Å². The van der Waals surface area contributed by atoms with Gasteiger partial charge in [0, 0.05) is 47.6 Å². The van der Waals surface area contributed by atoms with Crippen molar-refractivity contribution in [2.75, 3.05) is 37.5 Å². The van der Waals surface area contributed by atoms with Crippen LogP contribution in [0.4, 0.5) is 5.69 Å². The molecule has 190 valence electrons. The van der Waals surface area contributed by atoms with Crippen molar-refractivity contribution in [3.63, 3.8) is 0 Å². The zero-order valence-electron chi connectivity index (χ0n) is 19.3. The third kappa shape index (κ3) is 6.93. The normalized spacial score (nSPS) is 15.6. The Morgan fingerprint density at radius 2 is 1.94 bits per heavy atom. The molecule has 1 saturated heterocycles. The number of hydrogen-bond acceptors (Lipinski definition) is 10. The molecule has 0 unspecified atom stereocenters. The Kier molecular flexibility index (Phi) is 8.21. The summed E-state index contributed by atoms with van der Waals surface area (Å²) < 4.78 is 30.7. The first-order chi connectivity index (χ1) is 17.0. The molecule has 0 bridgehead atoms. The molecule has 1 saturated carbocycles. The number of piperazine rings is 1. The highest BCUT2D eigenvalue weighted by molar-refractivity contribution is 7.93. The molecular formula is C22H31N7O4S2. The zero-order chi connectivity index (χ0) is 24.7. The van der Waals surface area contributed by atoms with E-state index >= 15 is 0 Å². The Morgan fingerprint density at radius 1 is 1.20 bits per heavy atom. The number of amides is 1. The highest BCUT2D eigenvalue weighted by atomic mass is 32.2. The lowest BCUT2D eigenvalue weighted by atomic mass is 10.3. The first-order valence-corrected chi connectivity index (χ1v) is 13.6. The topological polar surface area (TPSA) is 139 Å². The maximum Gasteiger partial charge on any atom is 0.282 e. The summed E-state index contributed by atoms with van der Waals surface area (Å²) in [6.45, 7) is 5.51. The number of rotatable bonds is 7. The van der Waals surface area contributed by atoms with Crippen LogP contribution in [0, 0.1) is 0 Å². The smallest absolute Gasteiger partial charge is 0.282 e. The van der Waals surface area contributed by atoms with Crippen molar-refractivity contribution in [3.05, 3.63) is 48.1 Å². The molecule has 0 spiro atoms. The van der Waals surface area contributed by atoms with E-state index in [2.05, 4.69) is 30.0 Å². The van der Waals surface area contributed by atoms with Gasteiger partial charge in [0.2, 0.25) is 15.9 Å². The highest BCUT2D eigenvalue weighted by Crippen LogP contribution is 2.29. The summed E-state index contributed by atoms with van der Waals surface area (Å²) in [6.07, 6.45) is 9.56. The van der Waals surface area contributed by atoms with Gasteiger partial charge in [0.15, 0.2) is 5.01 Å². The monoisotopic (exact) mass is 521 g/mol. The molecule has 11 nitrogen and oxygen atoms in total. The van der Waals surface area contributed by atoms with E-state index in [1.165, 1.54) is 11.3 Å². The molecule has 2 fully saturated rings. The lowest BCUT2D eigenvalue weighted by Crippen LogP contribution is -2.46. The minimum Gasteiger partial charge on any atom is -0.477 e. The number of ether oxygens (including phenoxy) is 1. The van der Waals surface area contributed by atoms with Gasteiger partial charge < -0.3 is 15.0 Å². The predicted octanol–water partition coefficient (Wildman–Crippen LogP) is 2.52. The van der Waals surface area contributed by atoms with E-state index in [0.717, 1.165) is 30.8 Å². The second kappa shape index (κ2) is 11.5. The average Bonchev–Trinajstić information content (AvgIpc) is 3.64. The number of thiazole rings is 1. The molecule has 3 aromatic heterocycles. The summed E-state index contributed by atoms with van der Waals surface area (Å²) >= 11 is 1.33. The van der Waals surface area contributed by atoms with Crippen molar-refractivity contribution in [2.24, 2.45) is 0 Å². The van der Waals surface area contributed by atoms with Crippen LogP contribution in [0.5, 0.6) is 5.88 Å². The molecule has 1 aliphatic carbocycles. The van der Waals surface area contributed by atoms with Crippen LogP contribution in [0.25, 0.3) is 10.6 Å². The first kappa shape index (κ1) is 24.9. The largest absolute Gasteiger partial charge is 0.477 e. The van der Waals surface area contributed by atoms with Crippen LogP contribution in [-0.2, 0) is 10.0 Å². The fraction of sp³-hybridized carbons (Fsp3) is 0.409. The second-order valence-electron chi connectivity index (χ2n) is 7.83. The highest BCUT2D eigenvalue weighted by Gasteiger charge is 2.35. The minimum atomic E-state index is -3.12. The molecule has 2 aliphatic rings. The van der Waals surface area contributed by atoms with Crippen LogP contribution < -0.4 is 14.8 Å². The summed E-state index contributed by atoms with van der Waals surface area (Å²) in [4.78, 5) is 31.6. The predicted molar refractivity (Wildman–Crippen MR) is 137 cm³/mol. The summed E-state index contributed by atoms with van der Waals surface area (Å²) in [5, 5.41) is 3.53. The molecule has 4 heterocycles. The van der Waals surface area contributed by atoms with Gasteiger partial charge in [-0.3, -0.25) is 19.5 Å². The number of hydrogen-bond donors (Lipinski definition) is 2. The van der Waals surface area contributed by atoms with Gasteiger partial charge in [-0.2, -0.15) is 0 Å². The van der Waals surface area contributed by atoms with Crippen molar-refractivity contribution >= 4 is 33.0 Å². The fourth-order valence-corrected chi connectivity index (χ4v) is 5.45. The average molecular weight is 522 g/mol. The summed E-state index contributed by atoms with van der Waals surface area (Å²) in [7, 11) is -3.12. The van der Waals surface area contributed by atoms with Crippen LogP contribution in [0.3, 0.4) is 0 Å². The number of carbonyl (C=O) groups is 1. The van der Waals surface area contributed by atoms with Gasteiger partial charge in [0.1, 0.15) is 5.69 Å². The van der Waals surface area contributed by atoms with Crippen LogP contribution >= 0.6 is 11.3 Å². The Morgan fingerprint density at radius 3 is 2.63 bits per heavy atom. The van der Waals surface area contributed by atoms with Crippen LogP contribution in [0.1, 0.15) is 32.4 Å². The quantitative estimate of drug-likeness (QED) is 0.480. The number of nitrogens with zero attached hydrogens (tertiary/aromatic N) is 5. The van der Waals surface area contributed by atoms with Gasteiger partial charge in [0.05, 0.1) is 34.8 Å². The number of anilines is 1. The molecule has 0 aromatic carbocycles. The third-order valence-corrected chi connectivity index (χ3v) is 8.03. The van der Waals surface area contributed by atoms with E-state index in [4.69, 9.17) is 4.74 Å². The van der Waals surface area contributed by atoms with E-state index < -0.39 is 10.0 Å². The molecule has 0 radical (unpaired) electrons. The maximum absolute atomic E-state index is 12.4. The number of sulfonamides is 1. The summed E-state index contributed by atoms with van der Waals surface area (Å²) in [5.41, 5.74) is 1.25. The number of nitrogens with one attached hydrogen (secondary N) is 2. The number of aromatic nitrogens is 4. The molecule has 0 atom stereocenters. The Bertz CT molecular complexity index is 1240. The molecule has 35 heavy (non-hydrogen) atoms. The number of pyridine rings is 1. The molecular weight excluding hydrogens is 490 g/mol. The standard InChI is InChI=1S/C14H17N5O2S.C8H10N2O2S.2H2/c1-2-21-12-9-16-7-10(18-12)11-8-17-13(22-11)14(20)19-5-3-15-4-6-19;11-13(12,8-1-2-8)10-7-3-5-9-6-4-7;;/h7-9,15H,2-6H2,1H3;3-6,8H,1-2H2,(H,9,10);2*1H. The second-order valence-corrected chi connectivity index (χ2v) is 10.8. The van der Waals surface area contributed by atoms with E-state index in [1.54, 1.807) is 43.1 Å². The number of carbonyl (C=O) groups excluding carboxylic acids is 1. The lowest BCUT2D eigenvalue weighted by molar-refractivity contribution is 0.0735. The lowest BCUT2D eigenvalue weighted by Gasteiger charge is -2.26. The molecule has 2 N–H and O–H groups in total. The van der Waals surface area contributed by atoms with E-state index in [-0.39, 0.29) is 14.0 Å². The zero-order valence-corrected chi connectivity index (χ0v) is 20.9. The fourth-order valence-electron chi connectivity index (χ4n) is 3.22. The molecule has 1 amide bonds. The SMILES string of the molecule is CCOc1cncc(-c2cnc(C(=O)N3CCNCC3)s2)n1.O=S(=O)(Nc1ccncc1)C1CC1.[HH].[HH]. The third-order valence-electron chi connectivity index (χ3n) is 5.15. The Balaban J connectivity index is 0.000000277. The molecule has 13 heteroatoms. The van der Waals surface area contributed by atoms with Crippen molar-refractivity contribution < 1.29 is 20.8 Å². The van der Waals surface area contributed by atoms with Crippen LogP contribution in [0.15, 0.2) is 43.1 Å². The van der Waals surface area contributed by atoms with E-state index in [1.807, 2.05) is 11.8 Å². The Labute approximate surface area is 211 Å². The summed E-state index contributed by atoms with van der Waals surface area (Å²) in [5.74, 6) is 0.454. The van der Waals surface area contributed by atoms with Crippen LogP contribution in [-0.4, -0.2) is 77.2 Å². The van der Waals surface area contributed by atoms with Crippen molar-refractivity contribution in [2.45, 2.75) is 25.0 Å². The van der Waals surface area contributed by atoms with Gasteiger partial charge >= 0.3 is 0 Å².